The molecule has 228 valence electrons. The Hall–Kier alpha value is -4.12. The summed E-state index contributed by atoms with van der Waals surface area (Å²) < 4.78 is 28.4. The molecule has 9 nitrogen and oxygen atoms in total. The molecule has 5 rings (SSSR count). The summed E-state index contributed by atoms with van der Waals surface area (Å²) in [6.07, 6.45) is 4.00. The van der Waals surface area contributed by atoms with Crippen LogP contribution in [0.3, 0.4) is 0 Å². The Labute approximate surface area is 250 Å². The molecule has 1 aromatic heterocycles. The normalized spacial score (nSPS) is 21.0. The molecule has 0 saturated carbocycles. The van der Waals surface area contributed by atoms with Crippen LogP contribution < -0.4 is 10.6 Å². The quantitative estimate of drug-likeness (QED) is 0.429. The number of fused-ring (bicyclic) bond motifs is 3. The molecule has 11 heteroatoms. The highest BCUT2D eigenvalue weighted by atomic mass is 19.1. The van der Waals surface area contributed by atoms with E-state index in [0.29, 0.717) is 51.9 Å². The Balaban J connectivity index is 1.42. The van der Waals surface area contributed by atoms with Crippen molar-refractivity contribution in [1.29, 1.82) is 0 Å². The maximum Gasteiger partial charge on any atom is 0.257 e. The molecule has 3 N–H and O–H groups in total. The molecule has 2 aliphatic heterocycles. The number of aromatic amines is 1. The number of benzene rings is 2. The van der Waals surface area contributed by atoms with Crippen LogP contribution in [0, 0.1) is 17.6 Å². The van der Waals surface area contributed by atoms with Crippen LogP contribution in [-0.2, 0) is 22.6 Å². The summed E-state index contributed by atoms with van der Waals surface area (Å²) >= 11 is 0. The Morgan fingerprint density at radius 2 is 1.84 bits per heavy atom. The summed E-state index contributed by atoms with van der Waals surface area (Å²) in [4.78, 5) is 43.7. The van der Waals surface area contributed by atoms with E-state index in [1.54, 1.807) is 30.5 Å². The van der Waals surface area contributed by atoms with Gasteiger partial charge in [-0.2, -0.15) is 5.10 Å². The molecule has 3 amide bonds. The van der Waals surface area contributed by atoms with Gasteiger partial charge in [-0.25, -0.2) is 8.78 Å². The smallest absolute Gasteiger partial charge is 0.257 e. The number of amides is 3. The van der Waals surface area contributed by atoms with Gasteiger partial charge >= 0.3 is 0 Å². The van der Waals surface area contributed by atoms with Crippen LogP contribution in [0.1, 0.15) is 54.6 Å². The van der Waals surface area contributed by atoms with Crippen molar-refractivity contribution in [1.82, 2.24) is 30.6 Å². The third-order valence-electron chi connectivity index (χ3n) is 8.24. The summed E-state index contributed by atoms with van der Waals surface area (Å²) in [6, 6.07) is 9.57. The molecule has 2 bridgehead atoms. The molecule has 2 atom stereocenters. The highest BCUT2D eigenvalue weighted by Gasteiger charge is 2.37. The maximum absolute atomic E-state index is 14.8. The minimum Gasteiger partial charge on any atom is -0.355 e. The number of H-pyrrole nitrogens is 1. The summed E-state index contributed by atoms with van der Waals surface area (Å²) in [5.74, 6) is -1.87. The van der Waals surface area contributed by atoms with Gasteiger partial charge in [-0.05, 0) is 73.6 Å². The molecule has 1 saturated heterocycles. The Morgan fingerprint density at radius 3 is 2.60 bits per heavy atom. The number of hydrogen-bond donors (Lipinski definition) is 3. The van der Waals surface area contributed by atoms with E-state index >= 15 is 0 Å². The van der Waals surface area contributed by atoms with Crippen molar-refractivity contribution >= 4 is 17.7 Å². The van der Waals surface area contributed by atoms with Gasteiger partial charge in [0.05, 0.1) is 24.0 Å². The van der Waals surface area contributed by atoms with Crippen LogP contribution >= 0.6 is 0 Å². The molecule has 0 spiro atoms. The number of rotatable bonds is 4. The predicted molar refractivity (Wildman–Crippen MR) is 158 cm³/mol. The van der Waals surface area contributed by atoms with Crippen LogP contribution in [0.15, 0.2) is 48.7 Å². The first-order chi connectivity index (χ1) is 20.7. The molecule has 0 aliphatic carbocycles. The fourth-order valence-corrected chi connectivity index (χ4v) is 5.81. The Bertz CT molecular complexity index is 1460. The van der Waals surface area contributed by atoms with Crippen molar-refractivity contribution in [2.75, 3.05) is 26.2 Å². The van der Waals surface area contributed by atoms with E-state index in [2.05, 4.69) is 20.8 Å². The minimum atomic E-state index is -0.705. The largest absolute Gasteiger partial charge is 0.355 e. The predicted octanol–water partition coefficient (Wildman–Crippen LogP) is 3.66. The number of aromatic nitrogens is 2. The van der Waals surface area contributed by atoms with E-state index in [9.17, 15) is 23.2 Å². The van der Waals surface area contributed by atoms with Crippen molar-refractivity contribution < 1.29 is 23.2 Å². The molecule has 0 unspecified atom stereocenters. The molecule has 1 fully saturated rings. The van der Waals surface area contributed by atoms with Crippen molar-refractivity contribution in [2.45, 2.75) is 58.2 Å². The number of hydrogen-bond acceptors (Lipinski definition) is 5. The van der Waals surface area contributed by atoms with E-state index in [1.165, 1.54) is 23.1 Å². The first kappa shape index (κ1) is 30.3. The van der Waals surface area contributed by atoms with Crippen LogP contribution in [-0.4, -0.2) is 76.0 Å². The fourth-order valence-electron chi connectivity index (χ4n) is 5.81. The molecule has 3 heterocycles. The lowest BCUT2D eigenvalue weighted by molar-refractivity contribution is -0.126. The van der Waals surface area contributed by atoms with Crippen molar-refractivity contribution in [3.8, 4) is 11.3 Å². The summed E-state index contributed by atoms with van der Waals surface area (Å²) in [7, 11) is 0. The fraction of sp³-hybridized carbons (Fsp3) is 0.438. The topological polar surface area (TPSA) is 110 Å². The zero-order valence-corrected chi connectivity index (χ0v) is 24.5. The highest BCUT2D eigenvalue weighted by Crippen LogP contribution is 2.25. The van der Waals surface area contributed by atoms with Gasteiger partial charge in [0.25, 0.3) is 5.91 Å². The number of carbonyl (C=O) groups is 3. The summed E-state index contributed by atoms with van der Waals surface area (Å²) in [5.41, 5.74) is 3.08. The van der Waals surface area contributed by atoms with E-state index < -0.39 is 17.8 Å². The zero-order valence-electron chi connectivity index (χ0n) is 24.5. The lowest BCUT2D eigenvalue weighted by Crippen LogP contribution is -2.53. The minimum absolute atomic E-state index is 0.0113. The molecular formula is C32H38F2N6O3. The van der Waals surface area contributed by atoms with Crippen molar-refractivity contribution in [3.05, 3.63) is 77.0 Å². The highest BCUT2D eigenvalue weighted by molar-refractivity contribution is 5.98. The van der Waals surface area contributed by atoms with Crippen molar-refractivity contribution in [2.24, 2.45) is 5.92 Å². The van der Waals surface area contributed by atoms with Gasteiger partial charge in [0.1, 0.15) is 17.7 Å². The van der Waals surface area contributed by atoms with Gasteiger partial charge in [-0.1, -0.05) is 19.9 Å². The van der Waals surface area contributed by atoms with E-state index in [0.717, 1.165) is 22.4 Å². The zero-order chi connectivity index (χ0) is 30.5. The number of nitrogens with zero attached hydrogens (tertiary/aromatic N) is 3. The van der Waals surface area contributed by atoms with Crippen molar-refractivity contribution in [3.63, 3.8) is 0 Å². The number of nitrogens with one attached hydrogen (secondary N) is 3. The van der Waals surface area contributed by atoms with Gasteiger partial charge in [0, 0.05) is 43.3 Å². The van der Waals surface area contributed by atoms with Gasteiger partial charge in [0.15, 0.2) is 0 Å². The van der Waals surface area contributed by atoms with Crippen LogP contribution in [0.4, 0.5) is 8.78 Å². The lowest BCUT2D eigenvalue weighted by atomic mass is 10.0. The Morgan fingerprint density at radius 1 is 1.05 bits per heavy atom. The monoisotopic (exact) mass is 592 g/mol. The SMILES string of the molecule is CC(C)[C@@H]1CN(Cc2cn[nH]c2-c2ccc(F)cc2)CC(=O)NCCCc2ccc(F)c(c2)C(=O)N2CCC[C@H]2C(=O)N1. The van der Waals surface area contributed by atoms with Gasteiger partial charge in [-0.15, -0.1) is 0 Å². The average Bonchev–Trinajstić information content (AvgIpc) is 3.65. The molecule has 2 aliphatic rings. The number of carbonyl (C=O) groups excluding carboxylic acids is 3. The molecule has 3 aromatic rings. The molecule has 2 aromatic carbocycles. The first-order valence-corrected chi connectivity index (χ1v) is 14.9. The third-order valence-corrected chi connectivity index (χ3v) is 8.24. The van der Waals surface area contributed by atoms with E-state index in [1.807, 2.05) is 18.7 Å². The number of halogens is 2. The second-order valence-electron chi connectivity index (χ2n) is 11.7. The second kappa shape index (κ2) is 13.5. The first-order valence-electron chi connectivity index (χ1n) is 14.9. The standard InChI is InChI=1S/C32H38F2N6O3/c1-20(2)27-18-39(17-23-16-36-38-30(23)22-8-10-24(33)11-9-22)19-29(41)35-13-3-5-21-7-12-26(34)25(15-21)32(43)40-14-4-6-28(40)31(42)37-27/h7-12,15-16,20,27-28H,3-6,13-14,17-19H2,1-2H3,(H,35,41)(H,36,38)(H,37,42)/t27-,28-/m0/s1. The summed E-state index contributed by atoms with van der Waals surface area (Å²) in [5, 5.41) is 13.3. The Kier molecular flexibility index (Phi) is 9.49. The van der Waals surface area contributed by atoms with Gasteiger partial charge in [-0.3, -0.25) is 24.4 Å². The molecule has 43 heavy (non-hydrogen) atoms. The lowest BCUT2D eigenvalue weighted by Gasteiger charge is -2.32. The van der Waals surface area contributed by atoms with Gasteiger partial charge < -0.3 is 15.5 Å². The van der Waals surface area contributed by atoms with E-state index in [-0.39, 0.29) is 41.7 Å². The van der Waals surface area contributed by atoms with Gasteiger partial charge in [0.2, 0.25) is 11.8 Å². The average molecular weight is 593 g/mol. The second-order valence-corrected chi connectivity index (χ2v) is 11.7. The van der Waals surface area contributed by atoms with E-state index in [4.69, 9.17) is 0 Å². The molecule has 0 radical (unpaired) electrons. The number of aryl methyl sites for hydroxylation is 1. The molecular weight excluding hydrogens is 554 g/mol. The summed E-state index contributed by atoms with van der Waals surface area (Å²) in [6.45, 7) is 5.58. The third kappa shape index (κ3) is 7.27. The maximum atomic E-state index is 14.8. The van der Waals surface area contributed by atoms with Crippen LogP contribution in [0.5, 0.6) is 0 Å². The van der Waals surface area contributed by atoms with Crippen LogP contribution in [0.2, 0.25) is 0 Å². The van der Waals surface area contributed by atoms with Crippen LogP contribution in [0.25, 0.3) is 11.3 Å².